The molecule has 0 unspecified atom stereocenters. The Kier molecular flexibility index (Phi) is 3.24. The van der Waals surface area contributed by atoms with Gasteiger partial charge in [0.1, 0.15) is 0 Å². The van der Waals surface area contributed by atoms with Gasteiger partial charge in [-0.05, 0) is 67.6 Å². The van der Waals surface area contributed by atoms with Crippen LogP contribution in [0.5, 0.6) is 0 Å². The summed E-state index contributed by atoms with van der Waals surface area (Å²) < 4.78 is 0. The fraction of sp³-hybridized carbons (Fsp3) is 0.714. The molecule has 120 valence electrons. The van der Waals surface area contributed by atoms with E-state index in [-0.39, 0.29) is 11.5 Å². The first-order chi connectivity index (χ1) is 10.5. The summed E-state index contributed by atoms with van der Waals surface area (Å²) in [6.07, 6.45) is 16.3. The first kappa shape index (κ1) is 14.8. The maximum Gasteiger partial charge on any atom is 0.0905 e. The van der Waals surface area contributed by atoms with E-state index in [0.717, 1.165) is 23.7 Å². The van der Waals surface area contributed by atoms with Gasteiger partial charge in [-0.2, -0.15) is 0 Å². The van der Waals surface area contributed by atoms with Gasteiger partial charge in [-0.3, -0.25) is 0 Å². The summed E-state index contributed by atoms with van der Waals surface area (Å²) in [7, 11) is 0. The van der Waals surface area contributed by atoms with Crippen LogP contribution in [0.4, 0.5) is 0 Å². The first-order valence-corrected chi connectivity index (χ1v) is 9.20. The molecule has 4 aliphatic rings. The molecule has 1 N–H and O–H groups in total. The molecule has 0 aromatic rings. The largest absolute Gasteiger partial charge is 0.385 e. The molecule has 0 aliphatic heterocycles. The quantitative estimate of drug-likeness (QED) is 0.683. The number of hydrogen-bond acceptors (Lipinski definition) is 1. The third kappa shape index (κ3) is 1.81. The lowest BCUT2D eigenvalue weighted by atomic mass is 9.48. The van der Waals surface area contributed by atoms with E-state index in [1.807, 2.05) is 6.08 Å². The number of rotatable bonds is 1. The van der Waals surface area contributed by atoms with Crippen LogP contribution in [-0.4, -0.2) is 11.2 Å². The lowest BCUT2D eigenvalue weighted by molar-refractivity contribution is -0.0272. The van der Waals surface area contributed by atoms with E-state index < -0.39 is 0 Å². The number of aliphatic hydroxyl groups is 1. The van der Waals surface area contributed by atoms with Crippen molar-refractivity contribution in [2.24, 2.45) is 34.5 Å². The van der Waals surface area contributed by atoms with E-state index in [9.17, 15) is 5.11 Å². The van der Waals surface area contributed by atoms with E-state index >= 15 is 0 Å². The standard InChI is InChI=1S/C21H30O/c1-4-14-6-8-18-17-7-5-15-13-16(22)9-11-21(15,3)19(17)10-12-20(14,18)2/h4,9,11,13-14,16-19,22H,1,5-8,10,12H2,2-3H3/t14-,16-,17-,18-,19-,20+,21-/m0/s1. The van der Waals surface area contributed by atoms with Gasteiger partial charge in [-0.1, -0.05) is 43.7 Å². The minimum Gasteiger partial charge on any atom is -0.385 e. The fourth-order valence-electron chi connectivity index (χ4n) is 6.75. The van der Waals surface area contributed by atoms with Gasteiger partial charge in [-0.25, -0.2) is 0 Å². The second-order valence-corrected chi connectivity index (χ2v) is 8.70. The highest BCUT2D eigenvalue weighted by Gasteiger charge is 2.57. The zero-order valence-electron chi connectivity index (χ0n) is 14.1. The highest BCUT2D eigenvalue weighted by molar-refractivity contribution is 5.33. The van der Waals surface area contributed by atoms with E-state index in [2.05, 4.69) is 38.7 Å². The molecule has 3 fully saturated rings. The van der Waals surface area contributed by atoms with Crippen molar-refractivity contribution in [2.45, 2.75) is 58.5 Å². The molecule has 0 spiro atoms. The van der Waals surface area contributed by atoms with E-state index in [4.69, 9.17) is 0 Å². The van der Waals surface area contributed by atoms with Gasteiger partial charge in [0.15, 0.2) is 0 Å². The lowest BCUT2D eigenvalue weighted by Crippen LogP contribution is -2.49. The van der Waals surface area contributed by atoms with Crippen molar-refractivity contribution >= 4 is 0 Å². The molecule has 0 amide bonds. The fourth-order valence-corrected chi connectivity index (χ4v) is 6.75. The molecular formula is C21H30O. The third-order valence-electron chi connectivity index (χ3n) is 8.02. The molecule has 0 bridgehead atoms. The van der Waals surface area contributed by atoms with Crippen LogP contribution in [0.15, 0.2) is 36.5 Å². The second-order valence-electron chi connectivity index (χ2n) is 8.70. The van der Waals surface area contributed by atoms with Gasteiger partial charge in [0.25, 0.3) is 0 Å². The van der Waals surface area contributed by atoms with Gasteiger partial charge < -0.3 is 5.11 Å². The zero-order chi connectivity index (χ0) is 15.5. The smallest absolute Gasteiger partial charge is 0.0905 e. The van der Waals surface area contributed by atoms with Crippen molar-refractivity contribution in [3.8, 4) is 0 Å². The van der Waals surface area contributed by atoms with Crippen LogP contribution < -0.4 is 0 Å². The molecular weight excluding hydrogens is 268 g/mol. The van der Waals surface area contributed by atoms with Gasteiger partial charge >= 0.3 is 0 Å². The minimum absolute atomic E-state index is 0.204. The Bertz CT molecular complexity index is 544. The third-order valence-corrected chi connectivity index (χ3v) is 8.02. The Morgan fingerprint density at radius 2 is 2.00 bits per heavy atom. The molecule has 3 saturated carbocycles. The van der Waals surface area contributed by atoms with Crippen molar-refractivity contribution in [3.63, 3.8) is 0 Å². The summed E-state index contributed by atoms with van der Waals surface area (Å²) >= 11 is 0. The van der Waals surface area contributed by atoms with E-state index in [1.165, 1.54) is 44.1 Å². The topological polar surface area (TPSA) is 20.2 Å². The van der Waals surface area contributed by atoms with Crippen LogP contribution in [0, 0.1) is 34.5 Å². The highest BCUT2D eigenvalue weighted by atomic mass is 16.3. The predicted molar refractivity (Wildman–Crippen MR) is 91.3 cm³/mol. The molecule has 0 radical (unpaired) electrons. The van der Waals surface area contributed by atoms with Crippen molar-refractivity contribution < 1.29 is 5.11 Å². The molecule has 22 heavy (non-hydrogen) atoms. The Balaban J connectivity index is 1.68. The molecule has 0 heterocycles. The lowest BCUT2D eigenvalue weighted by Gasteiger charge is -2.57. The average molecular weight is 298 g/mol. The SMILES string of the molecule is C=C[C@H]1CC[C@H]2[C@@H]3CCC4=C[C@@H](O)C=C[C@]4(C)[C@H]3CC[C@]12C. The molecule has 1 heteroatoms. The van der Waals surface area contributed by atoms with Crippen LogP contribution in [0.25, 0.3) is 0 Å². The summed E-state index contributed by atoms with van der Waals surface area (Å²) in [6.45, 7) is 9.10. The Morgan fingerprint density at radius 3 is 2.77 bits per heavy atom. The maximum atomic E-state index is 9.94. The summed E-state index contributed by atoms with van der Waals surface area (Å²) in [5, 5.41) is 9.94. The Hall–Kier alpha value is -0.820. The van der Waals surface area contributed by atoms with Crippen molar-refractivity contribution in [1.29, 1.82) is 0 Å². The minimum atomic E-state index is -0.356. The van der Waals surface area contributed by atoms with Crippen LogP contribution in [0.2, 0.25) is 0 Å². The van der Waals surface area contributed by atoms with Gasteiger partial charge in [0.2, 0.25) is 0 Å². The summed E-state index contributed by atoms with van der Waals surface area (Å²) in [6, 6.07) is 0. The average Bonchev–Trinajstić information content (AvgIpc) is 2.84. The number of allylic oxidation sites excluding steroid dienone is 3. The predicted octanol–water partition coefficient (Wildman–Crippen LogP) is 4.89. The van der Waals surface area contributed by atoms with Gasteiger partial charge in [0.05, 0.1) is 6.10 Å². The highest BCUT2D eigenvalue weighted by Crippen LogP contribution is 2.66. The Labute approximate surface area is 135 Å². The summed E-state index contributed by atoms with van der Waals surface area (Å²) in [5.41, 5.74) is 2.21. The molecule has 7 atom stereocenters. The first-order valence-electron chi connectivity index (χ1n) is 9.20. The van der Waals surface area contributed by atoms with E-state index in [1.54, 1.807) is 0 Å². The van der Waals surface area contributed by atoms with Crippen molar-refractivity contribution in [1.82, 2.24) is 0 Å². The summed E-state index contributed by atoms with van der Waals surface area (Å²) in [4.78, 5) is 0. The van der Waals surface area contributed by atoms with Gasteiger partial charge in [-0.15, -0.1) is 6.58 Å². The van der Waals surface area contributed by atoms with E-state index in [0.29, 0.717) is 5.41 Å². The normalized spacial score (nSPS) is 53.2. The number of aliphatic hydroxyl groups excluding tert-OH is 1. The molecule has 0 aromatic carbocycles. The monoisotopic (exact) mass is 298 g/mol. The molecule has 4 aliphatic carbocycles. The number of fused-ring (bicyclic) bond motifs is 5. The molecule has 4 rings (SSSR count). The molecule has 0 saturated heterocycles. The molecule has 1 nitrogen and oxygen atoms in total. The number of hydrogen-bond donors (Lipinski definition) is 1. The van der Waals surface area contributed by atoms with Crippen molar-refractivity contribution in [2.75, 3.05) is 0 Å². The maximum absolute atomic E-state index is 9.94. The zero-order valence-corrected chi connectivity index (χ0v) is 14.1. The van der Waals surface area contributed by atoms with Crippen LogP contribution in [-0.2, 0) is 0 Å². The van der Waals surface area contributed by atoms with Crippen LogP contribution >= 0.6 is 0 Å². The summed E-state index contributed by atoms with van der Waals surface area (Å²) in [5.74, 6) is 3.25. The molecule has 0 aromatic heterocycles. The Morgan fingerprint density at radius 1 is 1.18 bits per heavy atom. The van der Waals surface area contributed by atoms with Crippen LogP contribution in [0.3, 0.4) is 0 Å². The second kappa shape index (κ2) is 4.84. The van der Waals surface area contributed by atoms with Gasteiger partial charge in [0, 0.05) is 5.41 Å². The van der Waals surface area contributed by atoms with Crippen LogP contribution in [0.1, 0.15) is 52.4 Å². The van der Waals surface area contributed by atoms with Crippen molar-refractivity contribution in [3.05, 3.63) is 36.5 Å².